The fraction of sp³-hybridized carbons (Fsp3) is 0.667. The van der Waals surface area contributed by atoms with Gasteiger partial charge in [-0.3, -0.25) is 0 Å². The Kier molecular flexibility index (Phi) is 3.44. The van der Waals surface area contributed by atoms with Gasteiger partial charge in [0.15, 0.2) is 0 Å². The van der Waals surface area contributed by atoms with Crippen LogP contribution in [0.1, 0.15) is 31.7 Å². The summed E-state index contributed by atoms with van der Waals surface area (Å²) in [5.74, 6) is 0. The molecular weight excluding hydrogens is 206 g/mol. The van der Waals surface area contributed by atoms with Gasteiger partial charge in [0.05, 0.1) is 5.60 Å². The topological polar surface area (TPSA) is 35.2 Å². The zero-order valence-corrected chi connectivity index (χ0v) is 10.1. The van der Waals surface area contributed by atoms with E-state index >= 15 is 0 Å². The Labute approximate surface area is 95.4 Å². The van der Waals surface area contributed by atoms with Crippen LogP contribution in [0.2, 0.25) is 0 Å². The minimum Gasteiger partial charge on any atom is -0.374 e. The van der Waals surface area contributed by atoms with Gasteiger partial charge in [-0.1, -0.05) is 0 Å². The van der Waals surface area contributed by atoms with Gasteiger partial charge in [-0.25, -0.2) is 0 Å². The minimum absolute atomic E-state index is 0.111. The first kappa shape index (κ1) is 11.1. The minimum atomic E-state index is -0.111. The SMILES string of the molecule is CC1(C(N)Cc2ccsc2)CCCCO1. The van der Waals surface area contributed by atoms with Crippen molar-refractivity contribution in [3.63, 3.8) is 0 Å². The second kappa shape index (κ2) is 4.64. The maximum absolute atomic E-state index is 6.25. The van der Waals surface area contributed by atoms with E-state index in [4.69, 9.17) is 10.5 Å². The number of thiophene rings is 1. The molecular formula is C12H19NOS. The Morgan fingerprint density at radius 2 is 2.47 bits per heavy atom. The molecule has 1 aromatic heterocycles. The molecule has 1 aliphatic rings. The van der Waals surface area contributed by atoms with Gasteiger partial charge in [0, 0.05) is 12.6 Å². The van der Waals surface area contributed by atoms with Crippen molar-refractivity contribution in [3.8, 4) is 0 Å². The van der Waals surface area contributed by atoms with E-state index in [1.165, 1.54) is 18.4 Å². The Bertz CT molecular complexity index is 291. The largest absolute Gasteiger partial charge is 0.374 e. The van der Waals surface area contributed by atoms with Crippen LogP contribution in [0.5, 0.6) is 0 Å². The first-order valence-corrected chi connectivity index (χ1v) is 6.56. The molecule has 1 saturated heterocycles. The quantitative estimate of drug-likeness (QED) is 0.858. The molecule has 0 radical (unpaired) electrons. The highest BCUT2D eigenvalue weighted by Gasteiger charge is 2.34. The molecule has 1 aliphatic heterocycles. The molecule has 0 spiro atoms. The molecule has 2 unspecified atom stereocenters. The Hall–Kier alpha value is -0.380. The van der Waals surface area contributed by atoms with Gasteiger partial charge >= 0.3 is 0 Å². The van der Waals surface area contributed by atoms with E-state index in [0.29, 0.717) is 0 Å². The van der Waals surface area contributed by atoms with E-state index in [-0.39, 0.29) is 11.6 Å². The van der Waals surface area contributed by atoms with E-state index in [2.05, 4.69) is 23.8 Å². The van der Waals surface area contributed by atoms with E-state index in [9.17, 15) is 0 Å². The molecule has 2 nitrogen and oxygen atoms in total. The predicted molar refractivity (Wildman–Crippen MR) is 64.2 cm³/mol. The lowest BCUT2D eigenvalue weighted by Gasteiger charge is -2.38. The van der Waals surface area contributed by atoms with Gasteiger partial charge in [0.25, 0.3) is 0 Å². The molecule has 0 saturated carbocycles. The summed E-state index contributed by atoms with van der Waals surface area (Å²) in [7, 11) is 0. The van der Waals surface area contributed by atoms with Gasteiger partial charge in [-0.05, 0) is 55.0 Å². The fourth-order valence-electron chi connectivity index (χ4n) is 2.13. The average molecular weight is 225 g/mol. The number of hydrogen-bond acceptors (Lipinski definition) is 3. The van der Waals surface area contributed by atoms with Crippen molar-refractivity contribution in [2.45, 2.75) is 44.2 Å². The average Bonchev–Trinajstić information content (AvgIpc) is 2.71. The van der Waals surface area contributed by atoms with E-state index in [0.717, 1.165) is 19.4 Å². The van der Waals surface area contributed by atoms with Gasteiger partial charge in [0.2, 0.25) is 0 Å². The second-order valence-corrected chi connectivity index (χ2v) is 5.34. The maximum atomic E-state index is 6.25. The third-order valence-corrected chi connectivity index (χ3v) is 4.05. The molecule has 0 amide bonds. The van der Waals surface area contributed by atoms with Crippen molar-refractivity contribution in [1.29, 1.82) is 0 Å². The molecule has 2 heterocycles. The van der Waals surface area contributed by atoms with Gasteiger partial charge in [0.1, 0.15) is 0 Å². The van der Waals surface area contributed by atoms with Crippen molar-refractivity contribution in [1.82, 2.24) is 0 Å². The number of nitrogens with two attached hydrogens (primary N) is 1. The first-order chi connectivity index (χ1) is 7.21. The zero-order chi connectivity index (χ0) is 10.7. The summed E-state index contributed by atoms with van der Waals surface area (Å²) in [4.78, 5) is 0. The van der Waals surface area contributed by atoms with Crippen LogP contribution in [-0.4, -0.2) is 18.2 Å². The highest BCUT2D eigenvalue weighted by molar-refractivity contribution is 7.07. The summed E-state index contributed by atoms with van der Waals surface area (Å²) >= 11 is 1.73. The lowest BCUT2D eigenvalue weighted by molar-refractivity contribution is -0.0808. The maximum Gasteiger partial charge on any atom is 0.0807 e. The summed E-state index contributed by atoms with van der Waals surface area (Å²) in [5, 5.41) is 4.28. The van der Waals surface area contributed by atoms with E-state index in [1.807, 2.05) is 0 Å². The third-order valence-electron chi connectivity index (χ3n) is 3.32. The smallest absolute Gasteiger partial charge is 0.0807 e. The molecule has 0 aliphatic carbocycles. The molecule has 2 N–H and O–H groups in total. The van der Waals surface area contributed by atoms with Crippen LogP contribution in [0, 0.1) is 0 Å². The van der Waals surface area contributed by atoms with Gasteiger partial charge in [-0.2, -0.15) is 11.3 Å². The molecule has 3 heteroatoms. The predicted octanol–water partition coefficient (Wildman–Crippen LogP) is 2.58. The highest BCUT2D eigenvalue weighted by atomic mass is 32.1. The molecule has 0 aromatic carbocycles. The Morgan fingerprint density at radius 3 is 3.07 bits per heavy atom. The van der Waals surface area contributed by atoms with Crippen LogP contribution >= 0.6 is 11.3 Å². The molecule has 1 aromatic rings. The standard InChI is InChI=1S/C12H19NOS/c1-12(5-2-3-6-14-12)11(13)8-10-4-7-15-9-10/h4,7,9,11H,2-3,5-6,8,13H2,1H3. The van der Waals surface area contributed by atoms with Crippen molar-refractivity contribution >= 4 is 11.3 Å². The normalized spacial score (nSPS) is 28.9. The van der Waals surface area contributed by atoms with Crippen molar-refractivity contribution in [3.05, 3.63) is 22.4 Å². The summed E-state index contributed by atoms with van der Waals surface area (Å²) in [5.41, 5.74) is 7.48. The molecule has 15 heavy (non-hydrogen) atoms. The molecule has 2 atom stereocenters. The van der Waals surface area contributed by atoms with Gasteiger partial charge in [-0.15, -0.1) is 0 Å². The monoisotopic (exact) mass is 225 g/mol. The van der Waals surface area contributed by atoms with Crippen molar-refractivity contribution in [2.75, 3.05) is 6.61 Å². The summed E-state index contributed by atoms with van der Waals surface area (Å²) in [6.45, 7) is 3.02. The van der Waals surface area contributed by atoms with Crippen molar-refractivity contribution < 1.29 is 4.74 Å². The molecule has 84 valence electrons. The number of rotatable bonds is 3. The number of ether oxygens (including phenoxy) is 1. The third kappa shape index (κ3) is 2.60. The van der Waals surface area contributed by atoms with Crippen LogP contribution in [0.4, 0.5) is 0 Å². The van der Waals surface area contributed by atoms with Crippen LogP contribution < -0.4 is 5.73 Å². The van der Waals surface area contributed by atoms with Gasteiger partial charge < -0.3 is 10.5 Å². The second-order valence-electron chi connectivity index (χ2n) is 4.56. The first-order valence-electron chi connectivity index (χ1n) is 5.61. The van der Waals surface area contributed by atoms with E-state index < -0.39 is 0 Å². The summed E-state index contributed by atoms with van der Waals surface area (Å²) in [6, 6.07) is 2.27. The fourth-order valence-corrected chi connectivity index (χ4v) is 2.81. The molecule has 1 fully saturated rings. The number of hydrogen-bond donors (Lipinski definition) is 1. The highest BCUT2D eigenvalue weighted by Crippen LogP contribution is 2.28. The van der Waals surface area contributed by atoms with Crippen molar-refractivity contribution in [2.24, 2.45) is 5.73 Å². The van der Waals surface area contributed by atoms with Crippen LogP contribution in [0.3, 0.4) is 0 Å². The Balaban J connectivity index is 1.97. The van der Waals surface area contributed by atoms with Crippen LogP contribution in [0.25, 0.3) is 0 Å². The summed E-state index contributed by atoms with van der Waals surface area (Å²) < 4.78 is 5.85. The lowest BCUT2D eigenvalue weighted by Crippen LogP contribution is -2.50. The molecule has 2 rings (SSSR count). The lowest BCUT2D eigenvalue weighted by atomic mass is 9.86. The zero-order valence-electron chi connectivity index (χ0n) is 9.24. The van der Waals surface area contributed by atoms with Crippen LogP contribution in [-0.2, 0) is 11.2 Å². The van der Waals surface area contributed by atoms with Crippen LogP contribution in [0.15, 0.2) is 16.8 Å². The van der Waals surface area contributed by atoms with E-state index in [1.54, 1.807) is 11.3 Å². The molecule has 0 bridgehead atoms. The Morgan fingerprint density at radius 1 is 1.60 bits per heavy atom. The summed E-state index contributed by atoms with van der Waals surface area (Å²) in [6.07, 6.45) is 4.45.